The van der Waals surface area contributed by atoms with Crippen molar-refractivity contribution >= 4 is 23.4 Å². The van der Waals surface area contributed by atoms with Crippen molar-refractivity contribution in [2.75, 3.05) is 4.90 Å². The first-order valence-electron chi connectivity index (χ1n) is 8.26. The highest BCUT2D eigenvalue weighted by molar-refractivity contribution is 6.33. The van der Waals surface area contributed by atoms with Gasteiger partial charge in [0, 0.05) is 18.3 Å². The number of aromatic nitrogens is 2. The van der Waals surface area contributed by atoms with E-state index in [4.69, 9.17) is 0 Å². The van der Waals surface area contributed by atoms with Crippen LogP contribution in [0.5, 0.6) is 0 Å². The maximum Gasteiger partial charge on any atom is 0.284 e. The van der Waals surface area contributed by atoms with Crippen LogP contribution in [0.4, 0.5) is 5.69 Å². The molecule has 1 N–H and O–H groups in total. The second-order valence-corrected chi connectivity index (χ2v) is 5.95. The predicted octanol–water partition coefficient (Wildman–Crippen LogP) is 2.21. The van der Waals surface area contributed by atoms with E-state index in [9.17, 15) is 14.4 Å². The fraction of sp³-hybridized carbons (Fsp3) is 0.0500. The summed E-state index contributed by atoms with van der Waals surface area (Å²) in [4.78, 5) is 45.8. The van der Waals surface area contributed by atoms with Crippen molar-refractivity contribution in [1.82, 2.24) is 15.3 Å². The molecule has 2 heterocycles. The summed E-state index contributed by atoms with van der Waals surface area (Å²) in [5, 5.41) is 2.83. The molecule has 132 valence electrons. The fourth-order valence-electron chi connectivity index (χ4n) is 2.85. The third-order valence-corrected chi connectivity index (χ3v) is 4.24. The lowest BCUT2D eigenvalue weighted by molar-refractivity contribution is 0.0921. The third kappa shape index (κ3) is 3.06. The lowest BCUT2D eigenvalue weighted by Gasteiger charge is -2.14. The molecule has 0 bridgehead atoms. The van der Waals surface area contributed by atoms with Crippen molar-refractivity contribution in [2.45, 2.75) is 6.54 Å². The van der Waals surface area contributed by atoms with E-state index >= 15 is 0 Å². The molecule has 0 radical (unpaired) electrons. The second-order valence-electron chi connectivity index (χ2n) is 5.95. The van der Waals surface area contributed by atoms with Gasteiger partial charge in [0.2, 0.25) is 0 Å². The van der Waals surface area contributed by atoms with Crippen molar-refractivity contribution in [3.8, 4) is 0 Å². The summed E-state index contributed by atoms with van der Waals surface area (Å²) in [6.07, 6.45) is 2.56. The van der Waals surface area contributed by atoms with Gasteiger partial charge < -0.3 is 5.32 Å². The van der Waals surface area contributed by atoms with Gasteiger partial charge in [-0.2, -0.15) is 0 Å². The lowest BCUT2D eigenvalue weighted by atomic mass is 10.1. The molecule has 0 aliphatic carbocycles. The van der Waals surface area contributed by atoms with Crippen LogP contribution in [0.3, 0.4) is 0 Å². The Kier molecular flexibility index (Phi) is 4.18. The minimum Gasteiger partial charge on any atom is -0.348 e. The number of carbonyl (C=O) groups is 3. The zero-order valence-electron chi connectivity index (χ0n) is 14.1. The molecule has 0 saturated heterocycles. The Labute approximate surface area is 154 Å². The van der Waals surface area contributed by atoms with Crippen molar-refractivity contribution in [1.29, 1.82) is 0 Å². The number of anilines is 1. The number of nitrogens with zero attached hydrogens (tertiary/aromatic N) is 3. The Morgan fingerprint density at radius 3 is 2.41 bits per heavy atom. The first-order chi connectivity index (χ1) is 13.1. The van der Waals surface area contributed by atoms with Crippen LogP contribution in [0.25, 0.3) is 0 Å². The molecule has 7 heteroatoms. The zero-order valence-corrected chi connectivity index (χ0v) is 14.1. The van der Waals surface area contributed by atoms with Crippen LogP contribution in [0.2, 0.25) is 0 Å². The van der Waals surface area contributed by atoms with Crippen LogP contribution in [0.1, 0.15) is 36.8 Å². The number of hydrogen-bond acceptors (Lipinski definition) is 5. The molecule has 4 rings (SSSR count). The summed E-state index contributed by atoms with van der Waals surface area (Å²) in [6.45, 7) is 0.415. The summed E-state index contributed by atoms with van der Waals surface area (Å²) >= 11 is 0. The molecule has 0 saturated carbocycles. The van der Waals surface area contributed by atoms with Crippen LogP contribution in [0.15, 0.2) is 67.1 Å². The molecule has 1 aliphatic rings. The van der Waals surface area contributed by atoms with Crippen LogP contribution < -0.4 is 10.2 Å². The lowest BCUT2D eigenvalue weighted by Crippen LogP contribution is -2.29. The van der Waals surface area contributed by atoms with E-state index in [-0.39, 0.29) is 17.2 Å². The molecule has 7 nitrogen and oxygen atoms in total. The topological polar surface area (TPSA) is 92.3 Å². The van der Waals surface area contributed by atoms with Gasteiger partial charge in [-0.15, -0.1) is 0 Å². The van der Waals surface area contributed by atoms with Gasteiger partial charge in [-0.1, -0.05) is 30.3 Å². The number of nitrogens with one attached hydrogen (secondary N) is 1. The number of benzene rings is 2. The standard InChI is InChI=1S/C20H14N4O3/c25-18(22-10-13-4-2-1-3-5-13)14-6-8-15(9-7-14)24-19(26)16-11-21-12-23-17(16)20(24)27/h1-9,11-12H,10H2,(H,22,25). The first-order valence-corrected chi connectivity index (χ1v) is 8.26. The smallest absolute Gasteiger partial charge is 0.284 e. The van der Waals surface area contributed by atoms with Gasteiger partial charge in [0.25, 0.3) is 17.7 Å². The molecular weight excluding hydrogens is 344 g/mol. The van der Waals surface area contributed by atoms with Gasteiger partial charge in [0.1, 0.15) is 12.0 Å². The number of amides is 3. The van der Waals surface area contributed by atoms with E-state index in [1.807, 2.05) is 30.3 Å². The summed E-state index contributed by atoms with van der Waals surface area (Å²) < 4.78 is 0. The summed E-state index contributed by atoms with van der Waals surface area (Å²) in [7, 11) is 0. The predicted molar refractivity (Wildman–Crippen MR) is 97.2 cm³/mol. The van der Waals surface area contributed by atoms with Crippen LogP contribution in [0, 0.1) is 0 Å². The Bertz CT molecular complexity index is 998. The number of imide groups is 1. The average molecular weight is 358 g/mol. The highest BCUT2D eigenvalue weighted by atomic mass is 16.2. The van der Waals surface area contributed by atoms with E-state index in [1.165, 1.54) is 12.5 Å². The van der Waals surface area contributed by atoms with Crippen molar-refractivity contribution < 1.29 is 14.4 Å². The normalized spacial score (nSPS) is 12.8. The Morgan fingerprint density at radius 1 is 0.963 bits per heavy atom. The van der Waals surface area contributed by atoms with Crippen LogP contribution in [-0.2, 0) is 6.54 Å². The Morgan fingerprint density at radius 2 is 1.70 bits per heavy atom. The van der Waals surface area contributed by atoms with E-state index in [2.05, 4.69) is 15.3 Å². The fourth-order valence-corrected chi connectivity index (χ4v) is 2.85. The van der Waals surface area contributed by atoms with E-state index < -0.39 is 11.8 Å². The highest BCUT2D eigenvalue weighted by Gasteiger charge is 2.38. The maximum atomic E-state index is 12.4. The molecule has 0 unspecified atom stereocenters. The molecule has 3 amide bonds. The molecule has 1 aromatic heterocycles. The Hall–Kier alpha value is -3.87. The second kappa shape index (κ2) is 6.80. The van der Waals surface area contributed by atoms with E-state index in [0.29, 0.717) is 17.8 Å². The van der Waals surface area contributed by atoms with Gasteiger partial charge >= 0.3 is 0 Å². The minimum atomic E-state index is -0.501. The molecule has 2 aromatic carbocycles. The van der Waals surface area contributed by atoms with Gasteiger partial charge in [0.05, 0.1) is 11.3 Å². The van der Waals surface area contributed by atoms with Crippen molar-refractivity contribution in [3.05, 3.63) is 89.5 Å². The third-order valence-electron chi connectivity index (χ3n) is 4.24. The van der Waals surface area contributed by atoms with Gasteiger partial charge in [-0.3, -0.25) is 14.4 Å². The molecule has 0 atom stereocenters. The average Bonchev–Trinajstić information content (AvgIpc) is 2.98. The Balaban J connectivity index is 1.49. The van der Waals surface area contributed by atoms with Crippen molar-refractivity contribution in [3.63, 3.8) is 0 Å². The molecule has 0 spiro atoms. The molecule has 3 aromatic rings. The number of carbonyl (C=O) groups excluding carboxylic acids is 3. The minimum absolute atomic E-state index is 0.0830. The SMILES string of the molecule is O=C(NCc1ccccc1)c1ccc(N2C(=O)c3cncnc3C2=O)cc1. The van der Waals surface area contributed by atoms with E-state index in [0.717, 1.165) is 10.5 Å². The van der Waals surface area contributed by atoms with E-state index in [1.54, 1.807) is 24.3 Å². The molecular formula is C20H14N4O3. The number of rotatable bonds is 4. The number of fused-ring (bicyclic) bond motifs is 1. The summed E-state index contributed by atoms with van der Waals surface area (Å²) in [5.74, 6) is -1.21. The monoisotopic (exact) mass is 358 g/mol. The molecule has 27 heavy (non-hydrogen) atoms. The van der Waals surface area contributed by atoms with Crippen molar-refractivity contribution in [2.24, 2.45) is 0 Å². The summed E-state index contributed by atoms with van der Waals surface area (Å²) in [6, 6.07) is 15.8. The van der Waals surface area contributed by atoms with Gasteiger partial charge in [-0.05, 0) is 29.8 Å². The molecule has 0 fully saturated rings. The largest absolute Gasteiger partial charge is 0.348 e. The highest BCUT2D eigenvalue weighted by Crippen LogP contribution is 2.26. The van der Waals surface area contributed by atoms with Crippen LogP contribution in [-0.4, -0.2) is 27.7 Å². The first kappa shape index (κ1) is 16.6. The number of hydrogen-bond donors (Lipinski definition) is 1. The van der Waals surface area contributed by atoms with Gasteiger partial charge in [0.15, 0.2) is 0 Å². The maximum absolute atomic E-state index is 12.4. The zero-order chi connectivity index (χ0) is 18.8. The quantitative estimate of drug-likeness (QED) is 0.722. The van der Waals surface area contributed by atoms with Gasteiger partial charge in [-0.25, -0.2) is 14.9 Å². The molecule has 1 aliphatic heterocycles. The summed E-state index contributed by atoms with van der Waals surface area (Å²) in [5.41, 5.74) is 2.06. The van der Waals surface area contributed by atoms with Crippen LogP contribution >= 0.6 is 0 Å².